The molecule has 2 rings (SSSR count). The lowest BCUT2D eigenvalue weighted by atomic mass is 10.2. The molecule has 3 nitrogen and oxygen atoms in total. The molecule has 1 heterocycles. The molecule has 1 aromatic heterocycles. The van der Waals surface area contributed by atoms with Gasteiger partial charge in [-0.15, -0.1) is 0 Å². The zero-order chi connectivity index (χ0) is 10.5. The maximum Gasteiger partial charge on any atom is 0.0992 e. The maximum absolute atomic E-state index is 8.72. The first-order valence-electron chi connectivity index (χ1n) is 4.63. The van der Waals surface area contributed by atoms with Crippen molar-refractivity contribution >= 4 is 5.69 Å². The summed E-state index contributed by atoms with van der Waals surface area (Å²) in [4.78, 5) is 0. The Morgan fingerprint density at radius 1 is 1.33 bits per heavy atom. The van der Waals surface area contributed by atoms with Crippen LogP contribution in [-0.4, -0.2) is 0 Å². The highest BCUT2D eigenvalue weighted by Gasteiger charge is 1.96. The van der Waals surface area contributed by atoms with E-state index in [4.69, 9.17) is 9.68 Å². The monoisotopic (exact) mass is 198 g/mol. The summed E-state index contributed by atoms with van der Waals surface area (Å²) >= 11 is 0. The number of nitriles is 1. The van der Waals surface area contributed by atoms with E-state index in [1.54, 1.807) is 18.6 Å². The van der Waals surface area contributed by atoms with Crippen molar-refractivity contribution in [2.45, 2.75) is 6.54 Å². The highest BCUT2D eigenvalue weighted by molar-refractivity contribution is 5.49. The Labute approximate surface area is 88.0 Å². The number of anilines is 1. The number of rotatable bonds is 3. The molecule has 0 bridgehead atoms. The fraction of sp³-hybridized carbons (Fsp3) is 0.0833. The van der Waals surface area contributed by atoms with E-state index < -0.39 is 0 Å². The van der Waals surface area contributed by atoms with Gasteiger partial charge in [-0.1, -0.05) is 6.07 Å². The van der Waals surface area contributed by atoms with Gasteiger partial charge in [0.1, 0.15) is 0 Å². The van der Waals surface area contributed by atoms with Crippen LogP contribution in [0.3, 0.4) is 0 Å². The highest BCUT2D eigenvalue weighted by Crippen LogP contribution is 2.11. The van der Waals surface area contributed by atoms with Gasteiger partial charge < -0.3 is 9.73 Å². The topological polar surface area (TPSA) is 49.0 Å². The van der Waals surface area contributed by atoms with E-state index in [1.807, 2.05) is 24.3 Å². The first-order valence-corrected chi connectivity index (χ1v) is 4.63. The molecule has 1 N–H and O–H groups in total. The van der Waals surface area contributed by atoms with Crippen LogP contribution in [0.25, 0.3) is 0 Å². The average molecular weight is 198 g/mol. The molecule has 0 spiro atoms. The molecule has 0 fully saturated rings. The molecule has 0 radical (unpaired) electrons. The lowest BCUT2D eigenvalue weighted by Crippen LogP contribution is -1.97. The summed E-state index contributed by atoms with van der Waals surface area (Å²) < 4.78 is 4.96. The molecular formula is C12H10N2O. The van der Waals surface area contributed by atoms with E-state index in [0.29, 0.717) is 12.1 Å². The van der Waals surface area contributed by atoms with Crippen LogP contribution >= 0.6 is 0 Å². The molecule has 2 aromatic rings. The number of hydrogen-bond acceptors (Lipinski definition) is 3. The standard InChI is InChI=1S/C12H10N2O/c13-7-10-2-1-3-12(6-10)14-8-11-4-5-15-9-11/h1-6,9,14H,8H2. The van der Waals surface area contributed by atoms with Crippen molar-refractivity contribution in [3.63, 3.8) is 0 Å². The second kappa shape index (κ2) is 4.34. The van der Waals surface area contributed by atoms with Crippen LogP contribution in [0.15, 0.2) is 47.3 Å². The minimum atomic E-state index is 0.659. The zero-order valence-corrected chi connectivity index (χ0v) is 8.10. The Kier molecular flexibility index (Phi) is 2.70. The van der Waals surface area contributed by atoms with Crippen LogP contribution in [-0.2, 0) is 6.54 Å². The predicted molar refractivity (Wildman–Crippen MR) is 57.2 cm³/mol. The van der Waals surface area contributed by atoms with E-state index in [1.165, 1.54) is 0 Å². The van der Waals surface area contributed by atoms with Crippen molar-refractivity contribution in [1.29, 1.82) is 5.26 Å². The summed E-state index contributed by atoms with van der Waals surface area (Å²) in [6.45, 7) is 0.700. The van der Waals surface area contributed by atoms with Crippen molar-refractivity contribution < 1.29 is 4.42 Å². The molecule has 1 aromatic carbocycles. The lowest BCUT2D eigenvalue weighted by molar-refractivity contribution is 0.564. The van der Waals surface area contributed by atoms with Crippen molar-refractivity contribution in [1.82, 2.24) is 0 Å². The summed E-state index contributed by atoms with van der Waals surface area (Å²) in [6, 6.07) is 11.4. The molecule has 0 aliphatic rings. The zero-order valence-electron chi connectivity index (χ0n) is 8.10. The normalized spacial score (nSPS) is 9.53. The van der Waals surface area contributed by atoms with Gasteiger partial charge in [-0.2, -0.15) is 5.26 Å². The van der Waals surface area contributed by atoms with E-state index in [9.17, 15) is 0 Å². The lowest BCUT2D eigenvalue weighted by Gasteiger charge is -2.04. The maximum atomic E-state index is 8.72. The van der Waals surface area contributed by atoms with Crippen LogP contribution in [0, 0.1) is 11.3 Å². The second-order valence-corrected chi connectivity index (χ2v) is 3.18. The van der Waals surface area contributed by atoms with Gasteiger partial charge in [-0.3, -0.25) is 0 Å². The molecule has 0 saturated heterocycles. The third-order valence-corrected chi connectivity index (χ3v) is 2.07. The van der Waals surface area contributed by atoms with E-state index in [2.05, 4.69) is 11.4 Å². The molecule has 0 unspecified atom stereocenters. The number of nitrogens with zero attached hydrogens (tertiary/aromatic N) is 1. The summed E-state index contributed by atoms with van der Waals surface area (Å²) in [7, 11) is 0. The molecular weight excluding hydrogens is 188 g/mol. The van der Waals surface area contributed by atoms with Crippen molar-refractivity contribution in [3.05, 3.63) is 54.0 Å². The summed E-state index contributed by atoms with van der Waals surface area (Å²) in [5, 5.41) is 11.9. The quantitative estimate of drug-likeness (QED) is 0.824. The molecule has 0 aliphatic heterocycles. The highest BCUT2D eigenvalue weighted by atomic mass is 16.3. The fourth-order valence-corrected chi connectivity index (χ4v) is 1.30. The molecule has 74 valence electrons. The van der Waals surface area contributed by atoms with E-state index in [-0.39, 0.29) is 0 Å². The van der Waals surface area contributed by atoms with Gasteiger partial charge in [0.05, 0.1) is 24.2 Å². The van der Waals surface area contributed by atoms with Gasteiger partial charge in [-0.05, 0) is 24.3 Å². The molecule has 3 heteroatoms. The average Bonchev–Trinajstić information content (AvgIpc) is 2.79. The molecule has 0 amide bonds. The Morgan fingerprint density at radius 2 is 2.27 bits per heavy atom. The van der Waals surface area contributed by atoms with Gasteiger partial charge in [0.15, 0.2) is 0 Å². The van der Waals surface area contributed by atoms with Crippen LogP contribution in [0.5, 0.6) is 0 Å². The SMILES string of the molecule is N#Cc1cccc(NCc2ccoc2)c1. The van der Waals surface area contributed by atoms with Crippen LogP contribution in [0.2, 0.25) is 0 Å². The molecule has 0 aliphatic carbocycles. The van der Waals surface area contributed by atoms with Crippen LogP contribution in [0.4, 0.5) is 5.69 Å². The Hall–Kier alpha value is -2.21. The smallest absolute Gasteiger partial charge is 0.0992 e. The van der Waals surface area contributed by atoms with Gasteiger partial charge in [0.25, 0.3) is 0 Å². The van der Waals surface area contributed by atoms with Gasteiger partial charge >= 0.3 is 0 Å². The Morgan fingerprint density at radius 3 is 3.00 bits per heavy atom. The van der Waals surface area contributed by atoms with E-state index in [0.717, 1.165) is 11.3 Å². The molecule has 0 saturated carbocycles. The van der Waals surface area contributed by atoms with Gasteiger partial charge in [0, 0.05) is 17.8 Å². The first-order chi connectivity index (χ1) is 7.38. The third-order valence-electron chi connectivity index (χ3n) is 2.07. The fourth-order valence-electron chi connectivity index (χ4n) is 1.30. The number of furan rings is 1. The van der Waals surface area contributed by atoms with Gasteiger partial charge in [0.2, 0.25) is 0 Å². The van der Waals surface area contributed by atoms with Crippen molar-refractivity contribution in [2.24, 2.45) is 0 Å². The number of nitrogens with one attached hydrogen (secondary N) is 1. The predicted octanol–water partition coefficient (Wildman–Crippen LogP) is 2.76. The minimum Gasteiger partial charge on any atom is -0.472 e. The summed E-state index contributed by atoms with van der Waals surface area (Å²) in [5.74, 6) is 0. The summed E-state index contributed by atoms with van der Waals surface area (Å²) in [6.07, 6.45) is 3.34. The van der Waals surface area contributed by atoms with Crippen molar-refractivity contribution in [2.75, 3.05) is 5.32 Å². The van der Waals surface area contributed by atoms with Crippen molar-refractivity contribution in [3.8, 4) is 6.07 Å². The van der Waals surface area contributed by atoms with Crippen LogP contribution in [0.1, 0.15) is 11.1 Å². The number of hydrogen-bond donors (Lipinski definition) is 1. The van der Waals surface area contributed by atoms with E-state index >= 15 is 0 Å². The number of benzene rings is 1. The summed E-state index contributed by atoms with van der Waals surface area (Å²) in [5.41, 5.74) is 2.68. The second-order valence-electron chi connectivity index (χ2n) is 3.18. The molecule has 15 heavy (non-hydrogen) atoms. The van der Waals surface area contributed by atoms with Gasteiger partial charge in [-0.25, -0.2) is 0 Å². The molecule has 0 atom stereocenters. The van der Waals surface area contributed by atoms with Crippen LogP contribution < -0.4 is 5.32 Å². The third kappa shape index (κ3) is 2.38. The Bertz CT molecular complexity index is 469. The Balaban J connectivity index is 2.02. The first kappa shape index (κ1) is 9.35. The minimum absolute atomic E-state index is 0.659. The largest absolute Gasteiger partial charge is 0.472 e.